The van der Waals surface area contributed by atoms with Crippen LogP contribution in [0.15, 0.2) is 0 Å². The van der Waals surface area contributed by atoms with E-state index in [9.17, 15) is 9.36 Å². The molecule has 0 heterocycles. The van der Waals surface area contributed by atoms with Crippen LogP contribution in [0.2, 0.25) is 18.1 Å². The third-order valence-corrected chi connectivity index (χ3v) is 9.97. The van der Waals surface area contributed by atoms with E-state index in [1.807, 2.05) is 0 Å². The van der Waals surface area contributed by atoms with Gasteiger partial charge in [-0.15, -0.1) is 0 Å². The van der Waals surface area contributed by atoms with E-state index in [0.29, 0.717) is 6.61 Å². The second-order valence-corrected chi connectivity index (χ2v) is 13.1. The first-order valence-corrected chi connectivity index (χ1v) is 11.0. The number of rotatable bonds is 8. The van der Waals surface area contributed by atoms with E-state index < -0.39 is 15.9 Å². The summed E-state index contributed by atoms with van der Waals surface area (Å²) in [5.74, 6) is -0.161. The van der Waals surface area contributed by atoms with Crippen molar-refractivity contribution in [1.82, 2.24) is 0 Å². The largest absolute Gasteiger partial charge is 0.416 e. The maximum atomic E-state index is 11.8. The van der Waals surface area contributed by atoms with Gasteiger partial charge in [-0.1, -0.05) is 20.8 Å². The van der Waals surface area contributed by atoms with E-state index in [2.05, 4.69) is 33.9 Å². The minimum Gasteiger partial charge on any atom is -0.416 e. The molecule has 0 unspecified atom stereocenters. The van der Waals surface area contributed by atoms with Crippen molar-refractivity contribution in [2.75, 3.05) is 27.0 Å². The summed E-state index contributed by atoms with van der Waals surface area (Å²) < 4.78 is 27.2. The Morgan fingerprint density at radius 2 is 1.63 bits per heavy atom. The molecule has 5 nitrogen and oxygen atoms in total. The Balaban J connectivity index is 4.24. The van der Waals surface area contributed by atoms with Gasteiger partial charge in [0, 0.05) is 27.2 Å². The van der Waals surface area contributed by atoms with Crippen LogP contribution < -0.4 is 0 Å². The summed E-state index contributed by atoms with van der Waals surface area (Å²) in [5.41, 5.74) is 0. The number of hydrogen-bond donors (Lipinski definition) is 0. The standard InChI is InChI=1S/C12H27O5PSi/c1-12(2,3)19(6,7)17-9-8-11(13)10-18(14,15-4)16-5/h8-10H2,1-7H3. The minimum atomic E-state index is -3.24. The molecular formula is C12H27O5PSi. The lowest BCUT2D eigenvalue weighted by molar-refractivity contribution is -0.117. The van der Waals surface area contributed by atoms with Gasteiger partial charge in [0.2, 0.25) is 0 Å². The highest BCUT2D eigenvalue weighted by atomic mass is 31.2. The monoisotopic (exact) mass is 310 g/mol. The van der Waals surface area contributed by atoms with Gasteiger partial charge in [-0.25, -0.2) is 0 Å². The fourth-order valence-corrected chi connectivity index (χ4v) is 3.18. The van der Waals surface area contributed by atoms with Gasteiger partial charge in [-0.05, 0) is 18.1 Å². The summed E-state index contributed by atoms with van der Waals surface area (Å²) in [4.78, 5) is 11.7. The van der Waals surface area contributed by atoms with Crippen LogP contribution in [-0.2, 0) is 22.8 Å². The molecule has 0 aliphatic rings. The molecule has 0 aliphatic heterocycles. The average Bonchev–Trinajstić information content (AvgIpc) is 2.27. The summed E-state index contributed by atoms with van der Waals surface area (Å²) in [7, 11) is -2.51. The van der Waals surface area contributed by atoms with Gasteiger partial charge in [0.25, 0.3) is 0 Å². The van der Waals surface area contributed by atoms with Crippen molar-refractivity contribution in [2.24, 2.45) is 0 Å². The molecule has 0 saturated heterocycles. The highest BCUT2D eigenvalue weighted by molar-refractivity contribution is 7.54. The molecule has 19 heavy (non-hydrogen) atoms. The molecule has 0 bridgehead atoms. The molecule has 0 radical (unpaired) electrons. The maximum absolute atomic E-state index is 11.8. The second-order valence-electron chi connectivity index (χ2n) is 6.03. The Morgan fingerprint density at radius 3 is 2.00 bits per heavy atom. The fourth-order valence-electron chi connectivity index (χ4n) is 1.14. The van der Waals surface area contributed by atoms with E-state index in [-0.39, 0.29) is 23.4 Å². The lowest BCUT2D eigenvalue weighted by Crippen LogP contribution is -2.41. The summed E-state index contributed by atoms with van der Waals surface area (Å²) in [5, 5.41) is 0.115. The first-order valence-electron chi connectivity index (χ1n) is 6.33. The maximum Gasteiger partial charge on any atom is 0.337 e. The Kier molecular flexibility index (Phi) is 7.13. The van der Waals surface area contributed by atoms with Gasteiger partial charge in [0.15, 0.2) is 8.32 Å². The molecule has 114 valence electrons. The average molecular weight is 310 g/mol. The summed E-state index contributed by atoms with van der Waals surface area (Å²) in [6.45, 7) is 11.1. The van der Waals surface area contributed by atoms with Crippen molar-refractivity contribution in [2.45, 2.75) is 45.3 Å². The number of carbonyl (C=O) groups excluding carboxylic acids is 1. The van der Waals surface area contributed by atoms with Crippen LogP contribution in [0.25, 0.3) is 0 Å². The minimum absolute atomic E-state index is 0.115. The SMILES string of the molecule is COP(=O)(CC(=O)CCO[Si](C)(C)C(C)(C)C)OC. The predicted molar refractivity (Wildman–Crippen MR) is 79.3 cm³/mol. The van der Waals surface area contributed by atoms with Crippen molar-refractivity contribution >= 4 is 21.7 Å². The highest BCUT2D eigenvalue weighted by Crippen LogP contribution is 2.46. The van der Waals surface area contributed by atoms with Crippen LogP contribution in [0, 0.1) is 0 Å². The summed E-state index contributed by atoms with van der Waals surface area (Å²) >= 11 is 0. The van der Waals surface area contributed by atoms with Crippen molar-refractivity contribution in [3.05, 3.63) is 0 Å². The zero-order valence-electron chi connectivity index (χ0n) is 13.1. The second kappa shape index (κ2) is 7.13. The molecule has 7 heteroatoms. The van der Waals surface area contributed by atoms with Crippen LogP contribution in [0.1, 0.15) is 27.2 Å². The van der Waals surface area contributed by atoms with Crippen LogP contribution in [0.4, 0.5) is 0 Å². The molecule has 0 aromatic carbocycles. The van der Waals surface area contributed by atoms with Gasteiger partial charge < -0.3 is 13.5 Å². The molecule has 0 saturated carbocycles. The zero-order valence-corrected chi connectivity index (χ0v) is 15.0. The van der Waals surface area contributed by atoms with E-state index in [0.717, 1.165) is 0 Å². The lowest BCUT2D eigenvalue weighted by atomic mass is 10.2. The van der Waals surface area contributed by atoms with Gasteiger partial charge in [0.05, 0.1) is 0 Å². The summed E-state index contributed by atoms with van der Waals surface area (Å²) in [6.07, 6.45) is 0.0457. The van der Waals surface area contributed by atoms with Crippen molar-refractivity contribution in [3.8, 4) is 0 Å². The van der Waals surface area contributed by atoms with Gasteiger partial charge in [0.1, 0.15) is 11.9 Å². The van der Waals surface area contributed by atoms with Crippen LogP contribution in [0.3, 0.4) is 0 Å². The molecule has 0 fully saturated rings. The van der Waals surface area contributed by atoms with Gasteiger partial charge >= 0.3 is 7.60 Å². The predicted octanol–water partition coefficient (Wildman–Crippen LogP) is 3.45. The van der Waals surface area contributed by atoms with Crippen molar-refractivity contribution in [1.29, 1.82) is 0 Å². The highest BCUT2D eigenvalue weighted by Gasteiger charge is 2.37. The van der Waals surface area contributed by atoms with E-state index in [1.54, 1.807) is 0 Å². The molecular weight excluding hydrogens is 283 g/mol. The summed E-state index contributed by atoms with van der Waals surface area (Å²) in [6, 6.07) is 0. The fraction of sp³-hybridized carbons (Fsp3) is 0.917. The van der Waals surface area contributed by atoms with Gasteiger partial charge in [-0.3, -0.25) is 9.36 Å². The molecule has 0 aromatic heterocycles. The molecule has 0 aliphatic carbocycles. The Hall–Kier alpha value is -0.00312. The first-order chi connectivity index (χ1) is 8.47. The lowest BCUT2D eigenvalue weighted by Gasteiger charge is -2.36. The molecule has 0 atom stereocenters. The van der Waals surface area contributed by atoms with Crippen LogP contribution in [-0.4, -0.2) is 41.1 Å². The van der Waals surface area contributed by atoms with E-state index >= 15 is 0 Å². The molecule has 0 aromatic rings. The zero-order chi connectivity index (χ0) is 15.3. The number of hydrogen-bond acceptors (Lipinski definition) is 5. The third kappa shape index (κ3) is 6.32. The molecule has 0 rings (SSSR count). The molecule has 0 spiro atoms. The number of Topliss-reactive ketones (excluding diaryl/α,β-unsaturated/α-hetero) is 1. The normalized spacial score (nSPS) is 13.6. The van der Waals surface area contributed by atoms with E-state index in [4.69, 9.17) is 13.5 Å². The van der Waals surface area contributed by atoms with Crippen LogP contribution >= 0.6 is 7.60 Å². The Bertz CT molecular complexity index is 341. The van der Waals surface area contributed by atoms with Crippen molar-refractivity contribution < 1.29 is 22.8 Å². The number of ketones is 1. The molecule has 0 amide bonds. The topological polar surface area (TPSA) is 61.8 Å². The Labute approximate surface area is 117 Å². The quantitative estimate of drug-likeness (QED) is 0.507. The van der Waals surface area contributed by atoms with Gasteiger partial charge in [-0.2, -0.15) is 0 Å². The van der Waals surface area contributed by atoms with Crippen molar-refractivity contribution in [3.63, 3.8) is 0 Å². The third-order valence-electron chi connectivity index (χ3n) is 3.58. The van der Waals surface area contributed by atoms with E-state index in [1.165, 1.54) is 14.2 Å². The Morgan fingerprint density at radius 1 is 1.16 bits per heavy atom. The number of carbonyl (C=O) groups is 1. The van der Waals surface area contributed by atoms with Crippen LogP contribution in [0.5, 0.6) is 0 Å². The smallest absolute Gasteiger partial charge is 0.337 e. The first kappa shape index (κ1) is 19.0. The molecule has 0 N–H and O–H groups in total.